The van der Waals surface area contributed by atoms with Crippen molar-refractivity contribution >= 4 is 22.4 Å². The third kappa shape index (κ3) is 5.06. The Bertz CT molecular complexity index is 1400. The average molecular weight is 548 g/mol. The summed E-state index contributed by atoms with van der Waals surface area (Å²) in [6.07, 6.45) is -4.52. The van der Waals surface area contributed by atoms with Crippen molar-refractivity contribution in [3.8, 4) is 23.1 Å². The number of nitrogens with two attached hydrogens (primary N) is 2. The van der Waals surface area contributed by atoms with E-state index in [2.05, 4.69) is 25.0 Å². The van der Waals surface area contributed by atoms with E-state index in [4.69, 9.17) is 16.2 Å². The third-order valence-corrected chi connectivity index (χ3v) is 6.30. The number of benzene rings is 1. The van der Waals surface area contributed by atoms with Crippen LogP contribution in [-0.4, -0.2) is 39.8 Å². The van der Waals surface area contributed by atoms with Gasteiger partial charge < -0.3 is 26.3 Å². The first kappa shape index (κ1) is 27.4. The van der Waals surface area contributed by atoms with Gasteiger partial charge in [-0.3, -0.25) is 0 Å². The van der Waals surface area contributed by atoms with Gasteiger partial charge >= 0.3 is 18.8 Å². The van der Waals surface area contributed by atoms with Gasteiger partial charge in [0.2, 0.25) is 5.88 Å². The first-order valence-electron chi connectivity index (χ1n) is 11.3. The van der Waals surface area contributed by atoms with Crippen molar-refractivity contribution in [3.05, 3.63) is 28.8 Å². The SMILES string of the molecule is Cc1c(F)c(N)cc(-c2nc(OC(C)CC3(C)CCN3)c3c(N)nc(OC(F)F)nc3c2F)c1C(F)(F)F. The molecule has 2 atom stereocenters. The molecule has 0 bridgehead atoms. The van der Waals surface area contributed by atoms with Crippen LogP contribution in [0.3, 0.4) is 0 Å². The molecule has 0 radical (unpaired) electrons. The summed E-state index contributed by atoms with van der Waals surface area (Å²) in [6, 6.07) is -0.451. The third-order valence-electron chi connectivity index (χ3n) is 6.30. The predicted octanol–water partition coefficient (Wildman–Crippen LogP) is 4.97. The van der Waals surface area contributed by atoms with Crippen LogP contribution in [0, 0.1) is 18.6 Å². The minimum absolute atomic E-state index is 0.287. The van der Waals surface area contributed by atoms with Gasteiger partial charge in [-0.05, 0) is 45.4 Å². The molecule has 1 fully saturated rings. The van der Waals surface area contributed by atoms with Gasteiger partial charge in [0, 0.05) is 17.5 Å². The van der Waals surface area contributed by atoms with Crippen molar-refractivity contribution in [1.82, 2.24) is 20.3 Å². The van der Waals surface area contributed by atoms with E-state index < -0.39 is 81.8 Å². The minimum Gasteiger partial charge on any atom is -0.474 e. The lowest BCUT2D eigenvalue weighted by Gasteiger charge is -2.41. The van der Waals surface area contributed by atoms with E-state index >= 15 is 4.39 Å². The number of nitrogen functional groups attached to an aromatic ring is 2. The Morgan fingerprint density at radius 2 is 1.76 bits per heavy atom. The number of fused-ring (bicyclic) bond motifs is 1. The average Bonchev–Trinajstić information content (AvgIpc) is 2.76. The monoisotopic (exact) mass is 548 g/mol. The van der Waals surface area contributed by atoms with Crippen LogP contribution < -0.4 is 26.3 Å². The molecule has 2 unspecified atom stereocenters. The predicted molar refractivity (Wildman–Crippen MR) is 124 cm³/mol. The normalized spacial score (nSPS) is 18.5. The Morgan fingerprint density at radius 3 is 2.32 bits per heavy atom. The van der Waals surface area contributed by atoms with E-state index in [-0.39, 0.29) is 10.9 Å². The van der Waals surface area contributed by atoms with Gasteiger partial charge in [0.05, 0.1) is 17.4 Å². The maximum Gasteiger partial charge on any atom is 0.417 e. The van der Waals surface area contributed by atoms with Crippen molar-refractivity contribution in [1.29, 1.82) is 0 Å². The summed E-state index contributed by atoms with van der Waals surface area (Å²) in [5, 5.41) is 2.86. The fourth-order valence-electron chi connectivity index (χ4n) is 4.51. The standard InChI is InChI=1S/C23H23F7N6O2/c1-8(7-22(3)4-5-33-22)37-19-12-17(35-21(36-18(12)32)38-20(26)27)15(25)16(34-19)10-6-11(31)14(24)9(2)13(10)23(28,29)30/h6,8,20,33H,4-5,7,31H2,1-3H3,(H2,32,35,36). The minimum atomic E-state index is -5.15. The van der Waals surface area contributed by atoms with Crippen LogP contribution in [0.5, 0.6) is 11.9 Å². The highest BCUT2D eigenvalue weighted by molar-refractivity contribution is 5.96. The number of rotatable bonds is 7. The summed E-state index contributed by atoms with van der Waals surface area (Å²) in [5.41, 5.74) is 5.37. The summed E-state index contributed by atoms with van der Waals surface area (Å²) in [6.45, 7) is 1.79. The van der Waals surface area contributed by atoms with Crippen molar-refractivity contribution in [2.24, 2.45) is 0 Å². The van der Waals surface area contributed by atoms with Crippen LogP contribution in [0.1, 0.15) is 37.8 Å². The lowest BCUT2D eigenvalue weighted by Crippen LogP contribution is -2.56. The van der Waals surface area contributed by atoms with Crippen molar-refractivity contribution < 1.29 is 40.2 Å². The highest BCUT2D eigenvalue weighted by atomic mass is 19.4. The molecular weight excluding hydrogens is 525 g/mol. The Morgan fingerprint density at radius 1 is 1.11 bits per heavy atom. The fourth-order valence-corrected chi connectivity index (χ4v) is 4.51. The molecule has 5 N–H and O–H groups in total. The van der Waals surface area contributed by atoms with Crippen LogP contribution in [0.4, 0.5) is 42.2 Å². The van der Waals surface area contributed by atoms with Gasteiger partial charge in [-0.1, -0.05) is 0 Å². The van der Waals surface area contributed by atoms with E-state index in [1.807, 2.05) is 6.92 Å². The maximum atomic E-state index is 15.8. The molecule has 0 spiro atoms. The van der Waals surface area contributed by atoms with Crippen molar-refractivity contribution in [3.63, 3.8) is 0 Å². The van der Waals surface area contributed by atoms with Gasteiger partial charge in [-0.2, -0.15) is 31.9 Å². The van der Waals surface area contributed by atoms with Crippen molar-refractivity contribution in [2.45, 2.75) is 58.0 Å². The quantitative estimate of drug-likeness (QED) is 0.280. The largest absolute Gasteiger partial charge is 0.474 e. The maximum absolute atomic E-state index is 15.8. The molecule has 4 rings (SSSR count). The molecule has 2 aromatic heterocycles. The molecule has 38 heavy (non-hydrogen) atoms. The fraction of sp³-hybridized carbons (Fsp3) is 0.435. The number of halogens is 7. The molecule has 1 aliphatic heterocycles. The summed E-state index contributed by atoms with van der Waals surface area (Å²) in [7, 11) is 0. The van der Waals surface area contributed by atoms with Gasteiger partial charge in [0.15, 0.2) is 5.82 Å². The first-order chi connectivity index (χ1) is 17.6. The Labute approximate surface area is 211 Å². The van der Waals surface area contributed by atoms with E-state index in [1.54, 1.807) is 6.92 Å². The number of aromatic nitrogens is 3. The van der Waals surface area contributed by atoms with Crippen LogP contribution in [-0.2, 0) is 6.18 Å². The van der Waals surface area contributed by atoms with E-state index in [0.717, 1.165) is 19.9 Å². The Balaban J connectivity index is 1.99. The molecule has 1 aliphatic rings. The number of nitrogens with one attached hydrogen (secondary N) is 1. The molecule has 1 aromatic carbocycles. The zero-order chi connectivity index (χ0) is 28.2. The molecule has 8 nitrogen and oxygen atoms in total. The lowest BCUT2D eigenvalue weighted by molar-refractivity contribution is -0.137. The van der Waals surface area contributed by atoms with Gasteiger partial charge in [0.25, 0.3) is 0 Å². The number of alkyl halides is 5. The van der Waals surface area contributed by atoms with Crippen molar-refractivity contribution in [2.75, 3.05) is 18.0 Å². The number of nitrogens with zero attached hydrogens (tertiary/aromatic N) is 3. The van der Waals surface area contributed by atoms with E-state index in [0.29, 0.717) is 12.5 Å². The number of ether oxygens (including phenoxy) is 2. The highest BCUT2D eigenvalue weighted by Gasteiger charge is 2.39. The smallest absolute Gasteiger partial charge is 0.417 e. The topological polar surface area (TPSA) is 121 Å². The molecule has 0 aliphatic carbocycles. The molecule has 3 aromatic rings. The number of hydrogen-bond acceptors (Lipinski definition) is 8. The lowest BCUT2D eigenvalue weighted by atomic mass is 9.85. The molecule has 15 heteroatoms. The zero-order valence-corrected chi connectivity index (χ0v) is 20.3. The second-order valence-corrected chi connectivity index (χ2v) is 9.27. The van der Waals surface area contributed by atoms with E-state index in [9.17, 15) is 26.3 Å². The van der Waals surface area contributed by atoms with Gasteiger partial charge in [-0.15, -0.1) is 0 Å². The zero-order valence-electron chi connectivity index (χ0n) is 20.3. The second kappa shape index (κ2) is 9.60. The van der Waals surface area contributed by atoms with Crippen LogP contribution >= 0.6 is 0 Å². The summed E-state index contributed by atoms with van der Waals surface area (Å²) >= 11 is 0. The van der Waals surface area contributed by atoms with Gasteiger partial charge in [0.1, 0.15) is 28.2 Å². The highest BCUT2D eigenvalue weighted by Crippen LogP contribution is 2.44. The molecule has 0 amide bonds. The Hall–Kier alpha value is -3.62. The van der Waals surface area contributed by atoms with Crippen LogP contribution in [0.15, 0.2) is 6.07 Å². The summed E-state index contributed by atoms with van der Waals surface area (Å²) in [4.78, 5) is 11.1. The molecule has 3 heterocycles. The summed E-state index contributed by atoms with van der Waals surface area (Å²) in [5.74, 6) is -3.85. The molecule has 0 saturated carbocycles. The summed E-state index contributed by atoms with van der Waals surface area (Å²) < 4.78 is 108. The molecule has 206 valence electrons. The first-order valence-corrected chi connectivity index (χ1v) is 11.3. The second-order valence-electron chi connectivity index (χ2n) is 9.27. The number of anilines is 2. The van der Waals surface area contributed by atoms with Gasteiger partial charge in [-0.25, -0.2) is 13.8 Å². The van der Waals surface area contributed by atoms with Crippen LogP contribution in [0.2, 0.25) is 0 Å². The van der Waals surface area contributed by atoms with E-state index in [1.165, 1.54) is 0 Å². The van der Waals surface area contributed by atoms with Crippen LogP contribution in [0.25, 0.3) is 22.2 Å². The Kier molecular flexibility index (Phi) is 6.93. The molecule has 1 saturated heterocycles. The number of hydrogen-bond donors (Lipinski definition) is 3. The number of pyridine rings is 1. The molecular formula is C23H23F7N6O2.